The lowest BCUT2D eigenvalue weighted by atomic mass is 10.1. The van der Waals surface area contributed by atoms with E-state index in [0.717, 1.165) is 4.90 Å². The van der Waals surface area contributed by atoms with Crippen molar-refractivity contribution < 1.29 is 29.6 Å². The molecule has 2 aliphatic heterocycles. The Hall–Kier alpha value is -0.930. The van der Waals surface area contributed by atoms with Crippen LogP contribution in [-0.4, -0.2) is 75.2 Å². The molecule has 2 aliphatic rings. The summed E-state index contributed by atoms with van der Waals surface area (Å²) in [5.41, 5.74) is 0. The van der Waals surface area contributed by atoms with Crippen molar-refractivity contribution >= 4 is 23.5 Å². The third-order valence-corrected chi connectivity index (χ3v) is 3.29. The molecule has 0 radical (unpaired) electrons. The van der Waals surface area contributed by atoms with E-state index >= 15 is 0 Å². The van der Waals surface area contributed by atoms with Gasteiger partial charge in [0, 0.05) is 0 Å². The number of alkyl halides is 1. The van der Waals surface area contributed by atoms with E-state index in [1.165, 1.54) is 0 Å². The summed E-state index contributed by atoms with van der Waals surface area (Å²) >= 11 is 5.70. The van der Waals surface area contributed by atoms with Gasteiger partial charge in [-0.2, -0.15) is 0 Å². The highest BCUT2D eigenvalue weighted by atomic mass is 35.5. The Morgan fingerprint density at radius 2 is 2.06 bits per heavy atom. The first-order chi connectivity index (χ1) is 8.45. The lowest BCUT2D eigenvalue weighted by Crippen LogP contribution is -2.60. The Labute approximate surface area is 107 Å². The van der Waals surface area contributed by atoms with E-state index in [1.54, 1.807) is 0 Å². The molecule has 0 aromatic rings. The highest BCUT2D eigenvalue weighted by Gasteiger charge is 2.48. The largest absolute Gasteiger partial charge is 0.394 e. The van der Waals surface area contributed by atoms with Crippen LogP contribution in [0, 0.1) is 0 Å². The summed E-state index contributed by atoms with van der Waals surface area (Å²) in [5, 5.41) is 29.3. The number of rotatable bonds is 2. The van der Waals surface area contributed by atoms with Crippen LogP contribution in [0.1, 0.15) is 0 Å². The number of hydrogen-bond acceptors (Lipinski definition) is 6. The zero-order chi connectivity index (χ0) is 13.4. The van der Waals surface area contributed by atoms with E-state index < -0.39 is 48.5 Å². The zero-order valence-corrected chi connectivity index (χ0v) is 9.95. The molecular weight excluding hydrogens is 268 g/mol. The van der Waals surface area contributed by atoms with Crippen LogP contribution < -0.4 is 5.32 Å². The van der Waals surface area contributed by atoms with Gasteiger partial charge in [0.2, 0.25) is 5.91 Å². The predicted molar refractivity (Wildman–Crippen MR) is 57.6 cm³/mol. The fraction of sp³-hybridized carbons (Fsp3) is 0.778. The molecule has 2 heterocycles. The van der Waals surface area contributed by atoms with E-state index in [2.05, 4.69) is 0 Å². The van der Waals surface area contributed by atoms with Gasteiger partial charge in [0.1, 0.15) is 23.7 Å². The topological polar surface area (TPSA) is 119 Å². The standard InChI is InChI=1S/C9H13ClN2O6/c10-3-1-12(9(17)11-7(3)16)8-6(15)5(14)4(2-13)18-8/h3-6,8,13-15H,1-2H2,(H,11,16,17)/t3?,4-,5+,6?,8-/m1/s1. The molecule has 4 N–H and O–H groups in total. The van der Waals surface area contributed by atoms with Crippen molar-refractivity contribution in [3.05, 3.63) is 0 Å². The second-order valence-corrected chi connectivity index (χ2v) is 4.67. The monoisotopic (exact) mass is 280 g/mol. The number of nitrogens with zero attached hydrogens (tertiary/aromatic N) is 1. The van der Waals surface area contributed by atoms with Crippen LogP contribution in [0.3, 0.4) is 0 Å². The van der Waals surface area contributed by atoms with Gasteiger partial charge in [0.15, 0.2) is 6.23 Å². The summed E-state index contributed by atoms with van der Waals surface area (Å²) < 4.78 is 5.17. The van der Waals surface area contributed by atoms with Gasteiger partial charge in [-0.15, -0.1) is 11.6 Å². The first kappa shape index (κ1) is 13.5. The molecule has 2 saturated heterocycles. The average molecular weight is 281 g/mol. The second-order valence-electron chi connectivity index (χ2n) is 4.14. The summed E-state index contributed by atoms with van der Waals surface area (Å²) in [6, 6.07) is -0.758. The maximum Gasteiger partial charge on any atom is 0.326 e. The fourth-order valence-electron chi connectivity index (χ4n) is 1.95. The van der Waals surface area contributed by atoms with Crippen LogP contribution in [0.2, 0.25) is 0 Å². The molecule has 0 aromatic heterocycles. The van der Waals surface area contributed by atoms with Gasteiger partial charge in [-0.05, 0) is 0 Å². The molecule has 5 atom stereocenters. The highest BCUT2D eigenvalue weighted by molar-refractivity contribution is 6.32. The molecular formula is C9H13ClN2O6. The van der Waals surface area contributed by atoms with Gasteiger partial charge >= 0.3 is 6.03 Å². The van der Waals surface area contributed by atoms with Crippen LogP contribution in [0.5, 0.6) is 0 Å². The molecule has 9 heteroatoms. The quantitative estimate of drug-likeness (QED) is 0.418. The number of aliphatic hydroxyl groups excluding tert-OH is 3. The predicted octanol–water partition coefficient (Wildman–Crippen LogP) is -2.42. The van der Waals surface area contributed by atoms with Gasteiger partial charge in [-0.25, -0.2) is 4.79 Å². The molecule has 2 rings (SSSR count). The number of halogens is 1. The van der Waals surface area contributed by atoms with Crippen LogP contribution in [0.4, 0.5) is 4.79 Å². The Bertz CT molecular complexity index is 367. The Morgan fingerprint density at radius 3 is 2.61 bits per heavy atom. The Balaban J connectivity index is 2.12. The van der Waals surface area contributed by atoms with E-state index in [9.17, 15) is 19.8 Å². The number of ether oxygens (including phenoxy) is 1. The van der Waals surface area contributed by atoms with Gasteiger partial charge in [0.05, 0.1) is 13.2 Å². The van der Waals surface area contributed by atoms with E-state index in [1.807, 2.05) is 5.32 Å². The van der Waals surface area contributed by atoms with Gasteiger partial charge in [-0.1, -0.05) is 0 Å². The summed E-state index contributed by atoms with van der Waals surface area (Å²) in [7, 11) is 0. The third-order valence-electron chi connectivity index (χ3n) is 2.96. The summed E-state index contributed by atoms with van der Waals surface area (Å²) in [4.78, 5) is 23.7. The van der Waals surface area contributed by atoms with Crippen molar-refractivity contribution in [2.24, 2.45) is 0 Å². The minimum absolute atomic E-state index is 0.140. The van der Waals surface area contributed by atoms with Crippen LogP contribution in [-0.2, 0) is 9.53 Å². The number of nitrogens with one attached hydrogen (secondary N) is 1. The molecule has 18 heavy (non-hydrogen) atoms. The number of aliphatic hydroxyl groups is 3. The van der Waals surface area contributed by atoms with Crippen LogP contribution in [0.15, 0.2) is 0 Å². The molecule has 2 fully saturated rings. The fourth-order valence-corrected chi connectivity index (χ4v) is 2.15. The van der Waals surface area contributed by atoms with Crippen molar-refractivity contribution in [2.75, 3.05) is 13.2 Å². The Kier molecular flexibility index (Phi) is 3.74. The molecule has 0 bridgehead atoms. The smallest absolute Gasteiger partial charge is 0.326 e. The van der Waals surface area contributed by atoms with Crippen LogP contribution in [0.25, 0.3) is 0 Å². The zero-order valence-electron chi connectivity index (χ0n) is 9.19. The third kappa shape index (κ3) is 2.17. The minimum atomic E-state index is -1.37. The summed E-state index contributed by atoms with van der Waals surface area (Å²) in [5.74, 6) is -0.621. The van der Waals surface area contributed by atoms with Crippen molar-refractivity contribution in [2.45, 2.75) is 29.9 Å². The molecule has 8 nitrogen and oxygen atoms in total. The highest BCUT2D eigenvalue weighted by Crippen LogP contribution is 2.25. The average Bonchev–Trinajstić information content (AvgIpc) is 2.61. The van der Waals surface area contributed by atoms with E-state index in [-0.39, 0.29) is 6.54 Å². The SMILES string of the molecule is O=C1NC(=O)N([C@@H]2O[C@H](CO)[C@H](O)C2O)CC1Cl. The number of hydrogen-bond donors (Lipinski definition) is 4. The first-order valence-electron chi connectivity index (χ1n) is 5.33. The van der Waals surface area contributed by atoms with Gasteiger partial charge < -0.3 is 20.1 Å². The molecule has 0 aromatic carbocycles. The van der Waals surface area contributed by atoms with Crippen molar-refractivity contribution in [3.63, 3.8) is 0 Å². The number of carbonyl (C=O) groups is 2. The van der Waals surface area contributed by atoms with Crippen molar-refractivity contribution in [1.82, 2.24) is 10.2 Å². The lowest BCUT2D eigenvalue weighted by Gasteiger charge is -2.34. The number of amides is 3. The molecule has 2 unspecified atom stereocenters. The molecule has 0 aliphatic carbocycles. The maximum atomic E-state index is 11.6. The molecule has 0 saturated carbocycles. The van der Waals surface area contributed by atoms with E-state index in [0.29, 0.717) is 0 Å². The molecule has 102 valence electrons. The summed E-state index contributed by atoms with van der Waals surface area (Å²) in [6.07, 6.45) is -4.81. The van der Waals surface area contributed by atoms with Gasteiger partial charge in [0.25, 0.3) is 0 Å². The van der Waals surface area contributed by atoms with Crippen LogP contribution >= 0.6 is 11.6 Å². The number of imide groups is 1. The first-order valence-corrected chi connectivity index (χ1v) is 5.77. The number of urea groups is 1. The molecule has 0 spiro atoms. The summed E-state index contributed by atoms with van der Waals surface area (Å²) in [6.45, 7) is -0.633. The lowest BCUT2D eigenvalue weighted by molar-refractivity contribution is -0.125. The van der Waals surface area contributed by atoms with Gasteiger partial charge in [-0.3, -0.25) is 15.0 Å². The molecule has 3 amide bonds. The minimum Gasteiger partial charge on any atom is -0.394 e. The number of carbonyl (C=O) groups excluding carboxylic acids is 2. The van der Waals surface area contributed by atoms with Crippen molar-refractivity contribution in [1.29, 1.82) is 0 Å². The normalized spacial score (nSPS) is 41.1. The van der Waals surface area contributed by atoms with E-state index in [4.69, 9.17) is 21.4 Å². The van der Waals surface area contributed by atoms with Crippen molar-refractivity contribution in [3.8, 4) is 0 Å². The second kappa shape index (κ2) is 4.98. The maximum absolute atomic E-state index is 11.6. The Morgan fingerprint density at radius 1 is 1.39 bits per heavy atom.